The van der Waals surface area contributed by atoms with Gasteiger partial charge in [-0.1, -0.05) is 17.7 Å². The standard InChI is InChI=1S/C21H28O6/c1-5-15-13-21(26-10-11-27-21)9-8-20(15,14-19(22)25-4)16-6-7-17(23-2)18(12-16)24-3/h5-7,12H,8-11,13-14H2,1-4H3/b15-5+/t20-/m1/s1. The summed E-state index contributed by atoms with van der Waals surface area (Å²) in [6, 6.07) is 5.84. The van der Waals surface area contributed by atoms with Crippen LogP contribution in [0.5, 0.6) is 11.5 Å². The Bertz CT molecular complexity index is 719. The molecule has 0 unspecified atom stereocenters. The molecule has 1 saturated heterocycles. The van der Waals surface area contributed by atoms with Crippen LogP contribution >= 0.6 is 0 Å². The topological polar surface area (TPSA) is 63.2 Å². The quantitative estimate of drug-likeness (QED) is 0.580. The second-order valence-electron chi connectivity index (χ2n) is 7.00. The molecule has 148 valence electrons. The van der Waals surface area contributed by atoms with Crippen molar-refractivity contribution in [2.24, 2.45) is 0 Å². The number of ether oxygens (including phenoxy) is 5. The van der Waals surface area contributed by atoms with Gasteiger partial charge in [0.1, 0.15) is 0 Å². The largest absolute Gasteiger partial charge is 0.493 e. The number of rotatable bonds is 5. The minimum absolute atomic E-state index is 0.242. The third-order valence-electron chi connectivity index (χ3n) is 5.78. The van der Waals surface area contributed by atoms with Crippen LogP contribution in [0.2, 0.25) is 0 Å². The monoisotopic (exact) mass is 376 g/mol. The Morgan fingerprint density at radius 3 is 2.41 bits per heavy atom. The third kappa shape index (κ3) is 3.56. The molecule has 1 aliphatic heterocycles. The predicted octanol–water partition coefficient (Wildman–Crippen LogP) is 3.38. The van der Waals surface area contributed by atoms with Crippen LogP contribution in [-0.4, -0.2) is 46.3 Å². The van der Waals surface area contributed by atoms with Crippen LogP contribution in [0.3, 0.4) is 0 Å². The number of esters is 1. The van der Waals surface area contributed by atoms with Crippen LogP contribution in [0.4, 0.5) is 0 Å². The van der Waals surface area contributed by atoms with E-state index in [9.17, 15) is 4.79 Å². The van der Waals surface area contributed by atoms with Crippen molar-refractivity contribution in [3.05, 3.63) is 35.4 Å². The molecule has 1 spiro atoms. The molecule has 0 aromatic heterocycles. The van der Waals surface area contributed by atoms with Crippen LogP contribution < -0.4 is 9.47 Å². The molecule has 1 atom stereocenters. The van der Waals surface area contributed by atoms with Crippen LogP contribution in [-0.2, 0) is 24.4 Å². The second-order valence-corrected chi connectivity index (χ2v) is 7.00. The number of carbonyl (C=O) groups excluding carboxylic acids is 1. The lowest BCUT2D eigenvalue weighted by Gasteiger charge is -2.46. The van der Waals surface area contributed by atoms with Crippen LogP contribution in [0.1, 0.15) is 38.2 Å². The highest BCUT2D eigenvalue weighted by Gasteiger charge is 2.50. The van der Waals surface area contributed by atoms with Gasteiger partial charge in [0.05, 0.1) is 41.0 Å². The number of carbonyl (C=O) groups is 1. The van der Waals surface area contributed by atoms with E-state index < -0.39 is 11.2 Å². The van der Waals surface area contributed by atoms with Crippen molar-refractivity contribution in [2.75, 3.05) is 34.5 Å². The Morgan fingerprint density at radius 1 is 1.11 bits per heavy atom. The van der Waals surface area contributed by atoms with Gasteiger partial charge >= 0.3 is 5.97 Å². The van der Waals surface area contributed by atoms with E-state index in [-0.39, 0.29) is 12.4 Å². The summed E-state index contributed by atoms with van der Waals surface area (Å²) >= 11 is 0. The fourth-order valence-electron chi connectivity index (χ4n) is 4.32. The summed E-state index contributed by atoms with van der Waals surface area (Å²) in [6.45, 7) is 3.21. The molecular formula is C21H28O6. The lowest BCUT2D eigenvalue weighted by atomic mass is 9.62. The lowest BCUT2D eigenvalue weighted by molar-refractivity contribution is -0.175. The molecule has 6 heteroatoms. The Hall–Kier alpha value is -2.05. The minimum Gasteiger partial charge on any atom is -0.493 e. The van der Waals surface area contributed by atoms with Gasteiger partial charge in [-0.2, -0.15) is 0 Å². The van der Waals surface area contributed by atoms with E-state index in [0.29, 0.717) is 31.1 Å². The van der Waals surface area contributed by atoms with Gasteiger partial charge in [-0.25, -0.2) is 0 Å². The highest BCUT2D eigenvalue weighted by molar-refractivity contribution is 5.73. The zero-order valence-corrected chi connectivity index (χ0v) is 16.5. The van der Waals surface area contributed by atoms with E-state index in [2.05, 4.69) is 6.08 Å². The molecule has 0 bridgehead atoms. The van der Waals surface area contributed by atoms with Crippen molar-refractivity contribution >= 4 is 5.97 Å². The van der Waals surface area contributed by atoms with Crippen molar-refractivity contribution in [3.63, 3.8) is 0 Å². The summed E-state index contributed by atoms with van der Waals surface area (Å²) in [7, 11) is 4.65. The van der Waals surface area contributed by atoms with Crippen molar-refractivity contribution in [2.45, 2.75) is 43.8 Å². The van der Waals surface area contributed by atoms with E-state index >= 15 is 0 Å². The Balaban J connectivity index is 2.06. The fraction of sp³-hybridized carbons (Fsp3) is 0.571. The second kappa shape index (κ2) is 7.90. The SMILES string of the molecule is C/C=C1\CC2(CC[C@]1(CC(=O)OC)c1ccc(OC)c(OC)c1)OCCO2. The van der Waals surface area contributed by atoms with E-state index in [4.69, 9.17) is 23.7 Å². The smallest absolute Gasteiger partial charge is 0.306 e. The normalized spacial score (nSPS) is 25.6. The van der Waals surface area contributed by atoms with Crippen molar-refractivity contribution < 1.29 is 28.5 Å². The number of hydrogen-bond acceptors (Lipinski definition) is 6. The third-order valence-corrected chi connectivity index (χ3v) is 5.78. The fourth-order valence-corrected chi connectivity index (χ4v) is 4.32. The summed E-state index contributed by atoms with van der Waals surface area (Å²) in [5, 5.41) is 0. The summed E-state index contributed by atoms with van der Waals surface area (Å²) in [5.41, 5.74) is 1.64. The molecular weight excluding hydrogens is 348 g/mol. The molecule has 6 nitrogen and oxygen atoms in total. The van der Waals surface area contributed by atoms with Crippen molar-refractivity contribution in [1.82, 2.24) is 0 Å². The maximum atomic E-state index is 12.3. The van der Waals surface area contributed by atoms with Gasteiger partial charge in [-0.3, -0.25) is 4.79 Å². The summed E-state index contributed by atoms with van der Waals surface area (Å²) < 4.78 is 27.8. The molecule has 27 heavy (non-hydrogen) atoms. The van der Waals surface area contributed by atoms with E-state index in [1.165, 1.54) is 7.11 Å². The molecule has 1 aromatic carbocycles. The molecule has 3 rings (SSSR count). The zero-order valence-electron chi connectivity index (χ0n) is 16.5. The van der Waals surface area contributed by atoms with Gasteiger partial charge < -0.3 is 23.7 Å². The van der Waals surface area contributed by atoms with E-state index in [0.717, 1.165) is 24.0 Å². The lowest BCUT2D eigenvalue weighted by Crippen LogP contribution is -2.45. The van der Waals surface area contributed by atoms with Gasteiger partial charge in [0.2, 0.25) is 0 Å². The molecule has 2 fully saturated rings. The number of benzene rings is 1. The number of methoxy groups -OCH3 is 3. The first kappa shape index (κ1) is 19.7. The predicted molar refractivity (Wildman–Crippen MR) is 100 cm³/mol. The molecule has 0 amide bonds. The van der Waals surface area contributed by atoms with Gasteiger partial charge in [-0.15, -0.1) is 0 Å². The Kier molecular flexibility index (Phi) is 5.77. The first-order valence-corrected chi connectivity index (χ1v) is 9.25. The Labute approximate surface area is 160 Å². The summed E-state index contributed by atoms with van der Waals surface area (Å²) in [6.07, 6.45) is 4.40. The number of allylic oxidation sites excluding steroid dienone is 1. The Morgan fingerprint density at radius 2 is 1.81 bits per heavy atom. The van der Waals surface area contributed by atoms with Gasteiger partial charge in [0, 0.05) is 18.3 Å². The van der Waals surface area contributed by atoms with Crippen LogP contribution in [0.15, 0.2) is 29.8 Å². The molecule has 1 aromatic rings. The van der Waals surface area contributed by atoms with Gasteiger partial charge in [0.25, 0.3) is 0 Å². The molecule has 1 aliphatic carbocycles. The zero-order chi connectivity index (χ0) is 19.5. The molecule has 1 saturated carbocycles. The molecule has 0 N–H and O–H groups in total. The van der Waals surface area contributed by atoms with Crippen molar-refractivity contribution in [1.29, 1.82) is 0 Å². The average molecular weight is 376 g/mol. The molecule has 0 radical (unpaired) electrons. The van der Waals surface area contributed by atoms with Gasteiger partial charge in [-0.05, 0) is 31.0 Å². The molecule has 1 heterocycles. The van der Waals surface area contributed by atoms with E-state index in [1.807, 2.05) is 25.1 Å². The number of hydrogen-bond donors (Lipinski definition) is 0. The van der Waals surface area contributed by atoms with Gasteiger partial charge in [0.15, 0.2) is 17.3 Å². The average Bonchev–Trinajstić information content (AvgIpc) is 3.16. The minimum atomic E-state index is -0.571. The van der Waals surface area contributed by atoms with Crippen LogP contribution in [0, 0.1) is 0 Å². The van der Waals surface area contributed by atoms with Crippen LogP contribution in [0.25, 0.3) is 0 Å². The first-order chi connectivity index (χ1) is 13.0. The maximum absolute atomic E-state index is 12.3. The van der Waals surface area contributed by atoms with Crippen molar-refractivity contribution in [3.8, 4) is 11.5 Å². The highest BCUT2D eigenvalue weighted by atomic mass is 16.7. The first-order valence-electron chi connectivity index (χ1n) is 9.25. The highest BCUT2D eigenvalue weighted by Crippen LogP contribution is 2.52. The summed E-state index contributed by atoms with van der Waals surface area (Å²) in [5.74, 6) is 0.487. The maximum Gasteiger partial charge on any atom is 0.306 e. The summed E-state index contributed by atoms with van der Waals surface area (Å²) in [4.78, 5) is 12.3. The molecule has 2 aliphatic rings. The van der Waals surface area contributed by atoms with E-state index in [1.54, 1.807) is 14.2 Å².